The molecule has 24 heavy (non-hydrogen) atoms. The molecule has 4 N–H and O–H groups in total. The van der Waals surface area contributed by atoms with Crippen LogP contribution in [0.15, 0.2) is 60.7 Å². The first kappa shape index (κ1) is 18.0. The molecular formula is C18H18O6. The molecule has 0 bridgehead atoms. The van der Waals surface area contributed by atoms with E-state index in [2.05, 4.69) is 0 Å². The molecule has 0 heterocycles. The van der Waals surface area contributed by atoms with Gasteiger partial charge in [0.25, 0.3) is 0 Å². The van der Waals surface area contributed by atoms with Crippen LogP contribution in [0, 0.1) is 0 Å². The summed E-state index contributed by atoms with van der Waals surface area (Å²) in [7, 11) is 0. The van der Waals surface area contributed by atoms with Crippen LogP contribution in [0.3, 0.4) is 0 Å². The van der Waals surface area contributed by atoms with Crippen molar-refractivity contribution in [3.8, 4) is 0 Å². The Kier molecular flexibility index (Phi) is 5.94. The standard InChI is InChI=1S/C18H18O6/c19-13(11-7-3-1-4-8-11)15(21)17(23)18(24)16(22)14(20)12-9-5-2-6-10-12/h1-10,15-18,21-24H/t15?,16?,17-,18+. The number of carbonyl (C=O) groups excluding carboxylic acids is 2. The van der Waals surface area contributed by atoms with Crippen LogP contribution in [0.1, 0.15) is 20.7 Å². The molecule has 0 saturated heterocycles. The Balaban J connectivity index is 2.09. The van der Waals surface area contributed by atoms with Crippen LogP contribution in [0.25, 0.3) is 0 Å². The summed E-state index contributed by atoms with van der Waals surface area (Å²) in [5, 5.41) is 39.8. The fourth-order valence-corrected chi connectivity index (χ4v) is 2.23. The molecule has 0 aliphatic carbocycles. The van der Waals surface area contributed by atoms with Crippen molar-refractivity contribution in [3.63, 3.8) is 0 Å². The number of Topliss-reactive ketones (excluding diaryl/α,β-unsaturated/α-hetero) is 2. The van der Waals surface area contributed by atoms with Gasteiger partial charge in [0, 0.05) is 11.1 Å². The predicted molar refractivity (Wildman–Crippen MR) is 85.6 cm³/mol. The Morgan fingerprint density at radius 2 is 0.875 bits per heavy atom. The summed E-state index contributed by atoms with van der Waals surface area (Å²) in [6.07, 6.45) is -7.97. The predicted octanol–water partition coefficient (Wildman–Crippen LogP) is 0.196. The molecule has 2 aromatic carbocycles. The van der Waals surface area contributed by atoms with Crippen LogP contribution in [0.4, 0.5) is 0 Å². The minimum Gasteiger partial charge on any atom is -0.387 e. The smallest absolute Gasteiger partial charge is 0.194 e. The normalized spacial score (nSPS) is 16.0. The monoisotopic (exact) mass is 330 g/mol. The molecule has 0 saturated carbocycles. The van der Waals surface area contributed by atoms with Crippen LogP contribution in [0.2, 0.25) is 0 Å². The summed E-state index contributed by atoms with van der Waals surface area (Å²) in [6, 6.07) is 15.4. The van der Waals surface area contributed by atoms with Crippen LogP contribution in [-0.4, -0.2) is 56.4 Å². The van der Waals surface area contributed by atoms with E-state index in [1.165, 1.54) is 24.3 Å². The third-order valence-corrected chi connectivity index (χ3v) is 3.65. The third-order valence-electron chi connectivity index (χ3n) is 3.65. The van der Waals surface area contributed by atoms with E-state index in [4.69, 9.17) is 0 Å². The van der Waals surface area contributed by atoms with Crippen molar-refractivity contribution >= 4 is 11.6 Å². The number of rotatable bonds is 7. The molecule has 6 nitrogen and oxygen atoms in total. The molecule has 126 valence electrons. The first-order valence-corrected chi connectivity index (χ1v) is 7.34. The van der Waals surface area contributed by atoms with E-state index in [-0.39, 0.29) is 11.1 Å². The summed E-state index contributed by atoms with van der Waals surface area (Å²) in [4.78, 5) is 24.1. The highest BCUT2D eigenvalue weighted by atomic mass is 16.4. The zero-order valence-electron chi connectivity index (χ0n) is 12.7. The summed E-state index contributed by atoms with van der Waals surface area (Å²) >= 11 is 0. The van der Waals surface area contributed by atoms with Crippen LogP contribution in [-0.2, 0) is 0 Å². The van der Waals surface area contributed by atoms with Gasteiger partial charge in [0.2, 0.25) is 0 Å². The van der Waals surface area contributed by atoms with Crippen molar-refractivity contribution < 1.29 is 30.0 Å². The second kappa shape index (κ2) is 7.94. The van der Waals surface area contributed by atoms with Gasteiger partial charge in [0.15, 0.2) is 11.6 Å². The van der Waals surface area contributed by atoms with E-state index in [1.807, 2.05) is 0 Å². The van der Waals surface area contributed by atoms with Gasteiger partial charge >= 0.3 is 0 Å². The lowest BCUT2D eigenvalue weighted by Crippen LogP contribution is -2.50. The Bertz CT molecular complexity index is 624. The maximum atomic E-state index is 12.1. The number of aliphatic hydroxyl groups excluding tert-OH is 4. The van der Waals surface area contributed by atoms with Crippen molar-refractivity contribution in [1.29, 1.82) is 0 Å². The zero-order chi connectivity index (χ0) is 17.7. The molecule has 0 radical (unpaired) electrons. The molecule has 0 fully saturated rings. The number of aliphatic hydroxyl groups is 4. The zero-order valence-corrected chi connectivity index (χ0v) is 12.7. The minimum absolute atomic E-state index is 0.139. The van der Waals surface area contributed by atoms with Gasteiger partial charge in [-0.05, 0) is 0 Å². The van der Waals surface area contributed by atoms with Crippen molar-refractivity contribution in [2.24, 2.45) is 0 Å². The second-order valence-electron chi connectivity index (χ2n) is 5.33. The number of hydrogen-bond donors (Lipinski definition) is 4. The molecule has 0 spiro atoms. The van der Waals surface area contributed by atoms with E-state index in [1.54, 1.807) is 36.4 Å². The lowest BCUT2D eigenvalue weighted by molar-refractivity contribution is -0.0842. The number of benzene rings is 2. The van der Waals surface area contributed by atoms with Gasteiger partial charge in [-0.25, -0.2) is 0 Å². The molecular weight excluding hydrogens is 312 g/mol. The molecule has 0 aromatic heterocycles. The summed E-state index contributed by atoms with van der Waals surface area (Å²) in [6.45, 7) is 0. The van der Waals surface area contributed by atoms with Gasteiger partial charge in [0.1, 0.15) is 24.4 Å². The largest absolute Gasteiger partial charge is 0.387 e. The SMILES string of the molecule is O=C(c1ccccc1)C(O)[C@@H](O)[C@@H](O)C(O)C(=O)c1ccccc1. The second-order valence-corrected chi connectivity index (χ2v) is 5.33. The van der Waals surface area contributed by atoms with E-state index in [0.29, 0.717) is 0 Å². The van der Waals surface area contributed by atoms with Crippen molar-refractivity contribution in [2.75, 3.05) is 0 Å². The number of ketones is 2. The highest BCUT2D eigenvalue weighted by Gasteiger charge is 2.37. The topological polar surface area (TPSA) is 115 Å². The Morgan fingerprint density at radius 1 is 0.583 bits per heavy atom. The Hall–Kier alpha value is -2.38. The van der Waals surface area contributed by atoms with Crippen LogP contribution >= 0.6 is 0 Å². The maximum Gasteiger partial charge on any atom is 0.194 e. The fourth-order valence-electron chi connectivity index (χ4n) is 2.23. The third kappa shape index (κ3) is 3.93. The van der Waals surface area contributed by atoms with Gasteiger partial charge in [0.05, 0.1) is 0 Å². The fraction of sp³-hybridized carbons (Fsp3) is 0.222. The van der Waals surface area contributed by atoms with Gasteiger partial charge in [-0.1, -0.05) is 60.7 Å². The van der Waals surface area contributed by atoms with Crippen LogP contribution in [0.5, 0.6) is 0 Å². The number of hydrogen-bond acceptors (Lipinski definition) is 6. The van der Waals surface area contributed by atoms with E-state index < -0.39 is 36.0 Å². The molecule has 0 amide bonds. The number of carbonyl (C=O) groups is 2. The Morgan fingerprint density at radius 3 is 1.17 bits per heavy atom. The van der Waals surface area contributed by atoms with E-state index >= 15 is 0 Å². The van der Waals surface area contributed by atoms with Crippen molar-refractivity contribution in [2.45, 2.75) is 24.4 Å². The van der Waals surface area contributed by atoms with Gasteiger partial charge in [-0.15, -0.1) is 0 Å². The van der Waals surface area contributed by atoms with Gasteiger partial charge in [-0.2, -0.15) is 0 Å². The minimum atomic E-state index is -2.01. The molecule has 2 rings (SSSR count). The quantitative estimate of drug-likeness (QED) is 0.539. The lowest BCUT2D eigenvalue weighted by Gasteiger charge is -2.25. The maximum absolute atomic E-state index is 12.1. The first-order chi connectivity index (χ1) is 11.4. The average molecular weight is 330 g/mol. The first-order valence-electron chi connectivity index (χ1n) is 7.34. The summed E-state index contributed by atoms with van der Waals surface area (Å²) in [5.74, 6) is -1.64. The lowest BCUT2D eigenvalue weighted by atomic mass is 9.93. The molecule has 2 unspecified atom stereocenters. The Labute approximate surface area is 138 Å². The molecule has 4 atom stereocenters. The van der Waals surface area contributed by atoms with Gasteiger partial charge < -0.3 is 20.4 Å². The highest BCUT2D eigenvalue weighted by Crippen LogP contribution is 2.14. The van der Waals surface area contributed by atoms with Crippen LogP contribution < -0.4 is 0 Å². The van der Waals surface area contributed by atoms with E-state index in [9.17, 15) is 30.0 Å². The molecule has 0 aliphatic rings. The van der Waals surface area contributed by atoms with Crippen molar-refractivity contribution in [3.05, 3.63) is 71.8 Å². The summed E-state index contributed by atoms with van der Waals surface area (Å²) < 4.78 is 0. The van der Waals surface area contributed by atoms with Crippen molar-refractivity contribution in [1.82, 2.24) is 0 Å². The van der Waals surface area contributed by atoms with E-state index in [0.717, 1.165) is 0 Å². The molecule has 6 heteroatoms. The molecule has 0 aliphatic heterocycles. The summed E-state index contributed by atoms with van der Waals surface area (Å²) in [5.41, 5.74) is 0.278. The average Bonchev–Trinajstić information content (AvgIpc) is 2.65. The van der Waals surface area contributed by atoms with Gasteiger partial charge in [-0.3, -0.25) is 9.59 Å². The highest BCUT2D eigenvalue weighted by molar-refractivity contribution is 6.01. The molecule has 2 aromatic rings.